The molecule has 0 bridgehead atoms. The van der Waals surface area contributed by atoms with Gasteiger partial charge in [0.25, 0.3) is 0 Å². The molecular formula is C15H30N2. The standard InChI is InChI=1S/C15H30N2/c1-13(2)12-15(14-6-4-3-5-7-14)17-10-8-16-9-11-17/h13-16H,3-12H2,1-2H3. The largest absolute Gasteiger partial charge is 0.314 e. The van der Waals surface area contributed by atoms with Crippen molar-refractivity contribution in [3.05, 3.63) is 0 Å². The predicted octanol–water partition coefficient (Wildman–Crippen LogP) is 2.89. The van der Waals surface area contributed by atoms with Crippen LogP contribution in [-0.2, 0) is 0 Å². The van der Waals surface area contributed by atoms with E-state index in [0.717, 1.165) is 17.9 Å². The van der Waals surface area contributed by atoms with Crippen molar-refractivity contribution in [2.45, 2.75) is 58.4 Å². The molecule has 1 atom stereocenters. The van der Waals surface area contributed by atoms with Crippen molar-refractivity contribution in [1.29, 1.82) is 0 Å². The molecule has 1 unspecified atom stereocenters. The monoisotopic (exact) mass is 238 g/mol. The molecule has 17 heavy (non-hydrogen) atoms. The maximum Gasteiger partial charge on any atom is 0.0127 e. The first-order chi connectivity index (χ1) is 8.27. The van der Waals surface area contributed by atoms with Crippen LogP contribution in [-0.4, -0.2) is 37.1 Å². The zero-order valence-electron chi connectivity index (χ0n) is 11.8. The van der Waals surface area contributed by atoms with Gasteiger partial charge in [-0.2, -0.15) is 0 Å². The fourth-order valence-electron chi connectivity index (χ4n) is 3.66. The fraction of sp³-hybridized carbons (Fsp3) is 1.00. The van der Waals surface area contributed by atoms with Crippen molar-refractivity contribution in [1.82, 2.24) is 10.2 Å². The third kappa shape index (κ3) is 3.96. The van der Waals surface area contributed by atoms with Crippen molar-refractivity contribution in [3.8, 4) is 0 Å². The van der Waals surface area contributed by atoms with E-state index < -0.39 is 0 Å². The van der Waals surface area contributed by atoms with E-state index in [1.54, 1.807) is 0 Å². The zero-order chi connectivity index (χ0) is 12.1. The summed E-state index contributed by atoms with van der Waals surface area (Å²) in [6.07, 6.45) is 8.82. The third-order valence-corrected chi connectivity index (χ3v) is 4.53. The van der Waals surface area contributed by atoms with Gasteiger partial charge < -0.3 is 5.32 Å². The summed E-state index contributed by atoms with van der Waals surface area (Å²) < 4.78 is 0. The second-order valence-corrected chi connectivity index (χ2v) is 6.38. The number of hydrogen-bond donors (Lipinski definition) is 1. The topological polar surface area (TPSA) is 15.3 Å². The summed E-state index contributed by atoms with van der Waals surface area (Å²) in [6, 6.07) is 0.873. The molecule has 0 radical (unpaired) electrons. The molecule has 1 saturated carbocycles. The molecule has 0 spiro atoms. The Bertz CT molecular complexity index is 185. The van der Waals surface area contributed by atoms with Crippen LogP contribution in [0, 0.1) is 11.8 Å². The average molecular weight is 238 g/mol. The van der Waals surface area contributed by atoms with Crippen LogP contribution in [0.15, 0.2) is 0 Å². The minimum Gasteiger partial charge on any atom is -0.314 e. The van der Waals surface area contributed by atoms with E-state index in [9.17, 15) is 0 Å². The molecule has 2 aliphatic rings. The maximum absolute atomic E-state index is 3.48. The zero-order valence-corrected chi connectivity index (χ0v) is 11.8. The average Bonchev–Trinajstić information content (AvgIpc) is 2.38. The molecule has 2 fully saturated rings. The van der Waals surface area contributed by atoms with E-state index in [2.05, 4.69) is 24.1 Å². The Balaban J connectivity index is 1.95. The van der Waals surface area contributed by atoms with E-state index in [1.165, 1.54) is 64.7 Å². The van der Waals surface area contributed by atoms with E-state index >= 15 is 0 Å². The lowest BCUT2D eigenvalue weighted by Gasteiger charge is -2.41. The van der Waals surface area contributed by atoms with Crippen molar-refractivity contribution in [3.63, 3.8) is 0 Å². The van der Waals surface area contributed by atoms with Crippen molar-refractivity contribution in [2.75, 3.05) is 26.2 Å². The number of piperazine rings is 1. The van der Waals surface area contributed by atoms with Crippen LogP contribution in [0.2, 0.25) is 0 Å². The van der Waals surface area contributed by atoms with Gasteiger partial charge in [-0.05, 0) is 31.1 Å². The summed E-state index contributed by atoms with van der Waals surface area (Å²) in [6.45, 7) is 9.71. The smallest absolute Gasteiger partial charge is 0.0127 e. The van der Waals surface area contributed by atoms with Crippen LogP contribution in [0.25, 0.3) is 0 Å². The molecule has 1 saturated heterocycles. The van der Waals surface area contributed by atoms with Gasteiger partial charge in [-0.15, -0.1) is 0 Å². The van der Waals surface area contributed by atoms with Gasteiger partial charge in [-0.1, -0.05) is 33.1 Å². The van der Waals surface area contributed by atoms with E-state index in [-0.39, 0.29) is 0 Å². The fourth-order valence-corrected chi connectivity index (χ4v) is 3.66. The summed E-state index contributed by atoms with van der Waals surface area (Å²) in [7, 11) is 0. The molecule has 100 valence electrons. The van der Waals surface area contributed by atoms with Gasteiger partial charge in [0.05, 0.1) is 0 Å². The van der Waals surface area contributed by atoms with Crippen LogP contribution in [0.3, 0.4) is 0 Å². The second kappa shape index (κ2) is 6.75. The molecule has 2 heteroatoms. The molecule has 2 nitrogen and oxygen atoms in total. The molecule has 0 aromatic carbocycles. The van der Waals surface area contributed by atoms with Crippen LogP contribution in [0.5, 0.6) is 0 Å². The quantitative estimate of drug-likeness (QED) is 0.810. The Morgan fingerprint density at radius 2 is 1.71 bits per heavy atom. The summed E-state index contributed by atoms with van der Waals surface area (Å²) in [5.41, 5.74) is 0. The van der Waals surface area contributed by atoms with Crippen LogP contribution in [0.4, 0.5) is 0 Å². The molecular weight excluding hydrogens is 208 g/mol. The first-order valence-corrected chi connectivity index (χ1v) is 7.72. The normalized spacial score (nSPS) is 26.3. The van der Waals surface area contributed by atoms with Crippen LogP contribution < -0.4 is 5.32 Å². The Morgan fingerprint density at radius 1 is 1.06 bits per heavy atom. The lowest BCUT2D eigenvalue weighted by Crippen LogP contribution is -2.51. The van der Waals surface area contributed by atoms with Gasteiger partial charge in [0.15, 0.2) is 0 Å². The number of rotatable bonds is 4. The SMILES string of the molecule is CC(C)CC(C1CCCCC1)N1CCNCC1. The maximum atomic E-state index is 3.48. The highest BCUT2D eigenvalue weighted by Crippen LogP contribution is 2.32. The second-order valence-electron chi connectivity index (χ2n) is 6.38. The van der Waals surface area contributed by atoms with Crippen LogP contribution >= 0.6 is 0 Å². The predicted molar refractivity (Wildman–Crippen MR) is 74.3 cm³/mol. The number of nitrogens with one attached hydrogen (secondary N) is 1. The van der Waals surface area contributed by atoms with Crippen LogP contribution in [0.1, 0.15) is 52.4 Å². The minimum atomic E-state index is 0.844. The summed E-state index contributed by atoms with van der Waals surface area (Å²) >= 11 is 0. The van der Waals surface area contributed by atoms with Gasteiger partial charge in [0, 0.05) is 32.2 Å². The van der Waals surface area contributed by atoms with Gasteiger partial charge in [-0.3, -0.25) is 4.90 Å². The minimum absolute atomic E-state index is 0.844. The number of hydrogen-bond acceptors (Lipinski definition) is 2. The highest BCUT2D eigenvalue weighted by molar-refractivity contribution is 4.85. The van der Waals surface area contributed by atoms with E-state index in [1.807, 2.05) is 0 Å². The Morgan fingerprint density at radius 3 is 2.29 bits per heavy atom. The van der Waals surface area contributed by atoms with Gasteiger partial charge in [0.2, 0.25) is 0 Å². The van der Waals surface area contributed by atoms with E-state index in [0.29, 0.717) is 0 Å². The van der Waals surface area contributed by atoms with Crippen molar-refractivity contribution < 1.29 is 0 Å². The highest BCUT2D eigenvalue weighted by atomic mass is 15.2. The van der Waals surface area contributed by atoms with E-state index in [4.69, 9.17) is 0 Å². The molecule has 0 aromatic rings. The van der Waals surface area contributed by atoms with Crippen molar-refractivity contribution in [2.24, 2.45) is 11.8 Å². The summed E-state index contributed by atoms with van der Waals surface area (Å²) in [4.78, 5) is 2.78. The molecule has 0 amide bonds. The highest BCUT2D eigenvalue weighted by Gasteiger charge is 2.29. The Kier molecular flexibility index (Phi) is 5.30. The lowest BCUT2D eigenvalue weighted by molar-refractivity contribution is 0.0873. The van der Waals surface area contributed by atoms with Crippen molar-refractivity contribution >= 4 is 0 Å². The van der Waals surface area contributed by atoms with Gasteiger partial charge in [0.1, 0.15) is 0 Å². The first-order valence-electron chi connectivity index (χ1n) is 7.72. The first kappa shape index (κ1) is 13.4. The summed E-state index contributed by atoms with van der Waals surface area (Å²) in [5.74, 6) is 1.83. The molecule has 1 aliphatic carbocycles. The molecule has 1 heterocycles. The molecule has 1 aliphatic heterocycles. The molecule has 0 aromatic heterocycles. The molecule has 2 rings (SSSR count). The third-order valence-electron chi connectivity index (χ3n) is 4.53. The summed E-state index contributed by atoms with van der Waals surface area (Å²) in [5, 5.41) is 3.48. The molecule has 1 N–H and O–H groups in total. The Labute approximate surface area is 107 Å². The Hall–Kier alpha value is -0.0800. The lowest BCUT2D eigenvalue weighted by atomic mass is 9.80. The van der Waals surface area contributed by atoms with Gasteiger partial charge in [-0.25, -0.2) is 0 Å². The number of nitrogens with zero attached hydrogens (tertiary/aromatic N) is 1. The van der Waals surface area contributed by atoms with Gasteiger partial charge >= 0.3 is 0 Å².